The third kappa shape index (κ3) is 5.55. The molecule has 0 aliphatic heterocycles. The molecule has 1 amide bonds. The predicted octanol–water partition coefficient (Wildman–Crippen LogP) is 0.644. The molecule has 2 aromatic rings. The number of carbonyl (C=O) groups is 1. The minimum absolute atomic E-state index is 0.150. The zero-order valence-electron chi connectivity index (χ0n) is 14.0. The number of hydrogen-bond acceptors (Lipinski definition) is 7. The van der Waals surface area contributed by atoms with Crippen molar-refractivity contribution in [2.75, 3.05) is 26.0 Å². The van der Waals surface area contributed by atoms with Crippen molar-refractivity contribution in [2.24, 2.45) is 7.05 Å². The van der Waals surface area contributed by atoms with E-state index >= 15 is 0 Å². The van der Waals surface area contributed by atoms with Gasteiger partial charge < -0.3 is 14.6 Å². The number of benzene rings is 1. The molecule has 1 aromatic heterocycles. The molecule has 1 aromatic carbocycles. The van der Waals surface area contributed by atoms with Gasteiger partial charge in [0.1, 0.15) is 11.6 Å². The molecular weight excluding hydrogens is 364 g/mol. The van der Waals surface area contributed by atoms with Crippen LogP contribution in [0, 0.1) is 0 Å². The number of thioether (sulfide) groups is 1. The first kappa shape index (κ1) is 19.4. The number of carbonyl (C=O) groups excluding carboxylic acids is 1. The second-order valence-corrected chi connectivity index (χ2v) is 8.09. The molecule has 0 fully saturated rings. The van der Waals surface area contributed by atoms with Gasteiger partial charge in [0.05, 0.1) is 17.3 Å². The van der Waals surface area contributed by atoms with Crippen molar-refractivity contribution in [3.8, 4) is 0 Å². The highest BCUT2D eigenvalue weighted by molar-refractivity contribution is 7.99. The summed E-state index contributed by atoms with van der Waals surface area (Å²) in [5.41, 5.74) is 0. The molecule has 0 saturated carbocycles. The van der Waals surface area contributed by atoms with Crippen molar-refractivity contribution >= 4 is 27.5 Å². The Balaban J connectivity index is 1.98. The van der Waals surface area contributed by atoms with Gasteiger partial charge in [0.15, 0.2) is 15.0 Å². The quantitative estimate of drug-likeness (QED) is 0.500. The van der Waals surface area contributed by atoms with E-state index in [9.17, 15) is 13.2 Å². The molecule has 0 unspecified atom stereocenters. The van der Waals surface area contributed by atoms with Crippen LogP contribution in [0.15, 0.2) is 40.4 Å². The van der Waals surface area contributed by atoms with Crippen molar-refractivity contribution in [1.82, 2.24) is 20.1 Å². The normalized spacial score (nSPS) is 11.4. The Labute approximate surface area is 150 Å². The summed E-state index contributed by atoms with van der Waals surface area (Å²) in [4.78, 5) is 11.9. The fourth-order valence-corrected chi connectivity index (χ4v) is 4.04. The first-order valence-corrected chi connectivity index (χ1v) is 10.1. The van der Waals surface area contributed by atoms with Gasteiger partial charge in [-0.05, 0) is 12.1 Å². The number of hydrogen-bond donors (Lipinski definition) is 1. The van der Waals surface area contributed by atoms with Crippen molar-refractivity contribution < 1.29 is 17.9 Å². The lowest BCUT2D eigenvalue weighted by Gasteiger charge is -2.06. The summed E-state index contributed by atoms with van der Waals surface area (Å²) in [5, 5.41) is 11.1. The summed E-state index contributed by atoms with van der Waals surface area (Å²) >= 11 is 1.20. The maximum Gasteiger partial charge on any atom is 0.230 e. The van der Waals surface area contributed by atoms with Crippen molar-refractivity contribution in [3.63, 3.8) is 0 Å². The van der Waals surface area contributed by atoms with E-state index in [1.807, 2.05) is 0 Å². The highest BCUT2D eigenvalue weighted by Crippen LogP contribution is 2.19. The number of aromatic nitrogens is 3. The highest BCUT2D eigenvalue weighted by Gasteiger charge is 2.20. The molecule has 0 aliphatic rings. The SMILES string of the molecule is COCCNC(=O)CSc1nnc(CS(=O)(=O)c2ccccc2)n1C. The largest absolute Gasteiger partial charge is 0.383 e. The van der Waals surface area contributed by atoms with E-state index in [2.05, 4.69) is 15.5 Å². The number of methoxy groups -OCH3 is 1. The number of rotatable bonds is 9. The van der Waals surface area contributed by atoms with Crippen LogP contribution in [0.2, 0.25) is 0 Å². The van der Waals surface area contributed by atoms with Crippen LogP contribution in [-0.2, 0) is 32.2 Å². The molecular formula is C15H20N4O4S2. The summed E-state index contributed by atoms with van der Waals surface area (Å²) in [6.45, 7) is 0.886. The maximum atomic E-state index is 12.4. The summed E-state index contributed by atoms with van der Waals surface area (Å²) in [6.07, 6.45) is 0. The van der Waals surface area contributed by atoms with Gasteiger partial charge >= 0.3 is 0 Å². The van der Waals surface area contributed by atoms with Gasteiger partial charge in [-0.3, -0.25) is 4.79 Å². The van der Waals surface area contributed by atoms with Gasteiger partial charge in [-0.2, -0.15) is 0 Å². The van der Waals surface area contributed by atoms with E-state index in [-0.39, 0.29) is 22.3 Å². The third-order valence-electron chi connectivity index (χ3n) is 3.31. The molecule has 10 heteroatoms. The van der Waals surface area contributed by atoms with Crippen molar-refractivity contribution in [2.45, 2.75) is 15.8 Å². The zero-order valence-corrected chi connectivity index (χ0v) is 15.6. The Kier molecular flexibility index (Phi) is 6.97. The van der Waals surface area contributed by atoms with Crippen LogP contribution in [0.25, 0.3) is 0 Å². The van der Waals surface area contributed by atoms with Crippen molar-refractivity contribution in [3.05, 3.63) is 36.2 Å². The van der Waals surface area contributed by atoms with Gasteiger partial charge in [0.2, 0.25) is 5.91 Å². The monoisotopic (exact) mass is 384 g/mol. The molecule has 8 nitrogen and oxygen atoms in total. The first-order valence-electron chi connectivity index (χ1n) is 7.48. The Bertz CT molecular complexity index is 806. The minimum Gasteiger partial charge on any atom is -0.383 e. The van der Waals surface area contributed by atoms with Gasteiger partial charge in [-0.15, -0.1) is 10.2 Å². The lowest BCUT2D eigenvalue weighted by molar-refractivity contribution is -0.118. The Morgan fingerprint density at radius 3 is 2.68 bits per heavy atom. The number of nitrogens with one attached hydrogen (secondary N) is 1. The standard InChI is InChI=1S/C15H20N4O4S2/c1-19-13(11-25(21,22)12-6-4-3-5-7-12)17-18-15(19)24-10-14(20)16-8-9-23-2/h3-7H,8-11H2,1-2H3,(H,16,20). The Hall–Kier alpha value is -1.91. The van der Waals surface area contributed by atoms with Gasteiger partial charge in [-0.1, -0.05) is 30.0 Å². The van der Waals surface area contributed by atoms with E-state index in [0.717, 1.165) is 0 Å². The smallest absolute Gasteiger partial charge is 0.230 e. The molecule has 0 saturated heterocycles. The van der Waals surface area contributed by atoms with Gasteiger partial charge in [0.25, 0.3) is 0 Å². The zero-order chi connectivity index (χ0) is 18.3. The summed E-state index contributed by atoms with van der Waals surface area (Å²) < 4.78 is 31.3. The topological polar surface area (TPSA) is 103 Å². The first-order chi connectivity index (χ1) is 11.9. The molecule has 2 rings (SSSR count). The molecule has 0 aliphatic carbocycles. The number of nitrogens with zero attached hydrogens (tertiary/aromatic N) is 3. The molecule has 25 heavy (non-hydrogen) atoms. The highest BCUT2D eigenvalue weighted by atomic mass is 32.2. The summed E-state index contributed by atoms with van der Waals surface area (Å²) in [7, 11) is -0.252. The number of sulfone groups is 1. The molecule has 136 valence electrons. The third-order valence-corrected chi connectivity index (χ3v) is 5.96. The molecule has 1 heterocycles. The average molecular weight is 384 g/mol. The molecule has 0 bridgehead atoms. The minimum atomic E-state index is -3.49. The predicted molar refractivity (Wildman–Crippen MR) is 93.9 cm³/mol. The fraction of sp³-hybridized carbons (Fsp3) is 0.400. The van der Waals surface area contributed by atoms with E-state index in [0.29, 0.717) is 24.1 Å². The van der Waals surface area contributed by atoms with Gasteiger partial charge in [-0.25, -0.2) is 8.42 Å². The number of amides is 1. The maximum absolute atomic E-state index is 12.4. The van der Waals surface area contributed by atoms with E-state index in [4.69, 9.17) is 4.74 Å². The molecule has 0 atom stereocenters. The van der Waals surface area contributed by atoms with E-state index in [1.54, 1.807) is 49.1 Å². The van der Waals surface area contributed by atoms with Crippen LogP contribution < -0.4 is 5.32 Å². The average Bonchev–Trinajstić information content (AvgIpc) is 2.94. The molecule has 1 N–H and O–H groups in total. The van der Waals surface area contributed by atoms with Crippen LogP contribution in [-0.4, -0.2) is 55.1 Å². The van der Waals surface area contributed by atoms with Crippen LogP contribution in [0.3, 0.4) is 0 Å². The number of ether oxygens (including phenoxy) is 1. The second kappa shape index (κ2) is 8.97. The van der Waals surface area contributed by atoms with Crippen molar-refractivity contribution in [1.29, 1.82) is 0 Å². The molecule has 0 spiro atoms. The van der Waals surface area contributed by atoms with Crippen LogP contribution in [0.5, 0.6) is 0 Å². The lowest BCUT2D eigenvalue weighted by Crippen LogP contribution is -2.28. The second-order valence-electron chi connectivity index (χ2n) is 5.16. The Morgan fingerprint density at radius 1 is 1.28 bits per heavy atom. The van der Waals surface area contributed by atoms with Gasteiger partial charge in [0, 0.05) is 20.7 Å². The summed E-state index contributed by atoms with van der Waals surface area (Å²) in [5.74, 6) is 0.0945. The van der Waals surface area contributed by atoms with E-state index in [1.165, 1.54) is 11.8 Å². The van der Waals surface area contributed by atoms with Crippen LogP contribution in [0.4, 0.5) is 0 Å². The summed E-state index contributed by atoms with van der Waals surface area (Å²) in [6, 6.07) is 8.20. The van der Waals surface area contributed by atoms with E-state index < -0.39 is 9.84 Å². The fourth-order valence-electron chi connectivity index (χ4n) is 1.95. The lowest BCUT2D eigenvalue weighted by atomic mass is 10.4. The Morgan fingerprint density at radius 2 is 2.00 bits per heavy atom. The van der Waals surface area contributed by atoms with Crippen LogP contribution >= 0.6 is 11.8 Å². The molecule has 0 radical (unpaired) electrons. The van der Waals surface area contributed by atoms with Crippen LogP contribution in [0.1, 0.15) is 5.82 Å².